The van der Waals surface area contributed by atoms with Gasteiger partial charge in [0, 0.05) is 32.1 Å². The van der Waals surface area contributed by atoms with Crippen LogP contribution in [0, 0.1) is 5.92 Å². The summed E-state index contributed by atoms with van der Waals surface area (Å²) in [5.41, 5.74) is 3.77. The molecule has 170 valence electrons. The maximum absolute atomic E-state index is 4.80. The van der Waals surface area contributed by atoms with Crippen LogP contribution in [0.5, 0.6) is 0 Å². The van der Waals surface area contributed by atoms with E-state index < -0.39 is 0 Å². The van der Waals surface area contributed by atoms with Crippen LogP contribution in [-0.4, -0.2) is 36.6 Å². The molecule has 5 nitrogen and oxygen atoms in total. The van der Waals surface area contributed by atoms with Gasteiger partial charge in [-0.05, 0) is 67.3 Å². The molecule has 2 aromatic carbocycles. The highest BCUT2D eigenvalue weighted by Gasteiger charge is 2.22. The summed E-state index contributed by atoms with van der Waals surface area (Å²) in [6.07, 6.45) is 4.82. The van der Waals surface area contributed by atoms with Gasteiger partial charge in [0.25, 0.3) is 0 Å². The van der Waals surface area contributed by atoms with Crippen molar-refractivity contribution in [2.45, 2.75) is 58.0 Å². The number of para-hydroxylation sites is 1. The molecule has 1 aliphatic carbocycles. The number of benzene rings is 2. The number of nitrogens with one attached hydrogen (secondary N) is 2. The molecular weight excluding hydrogens is 394 g/mol. The summed E-state index contributed by atoms with van der Waals surface area (Å²) in [5.74, 6) is 3.06. The van der Waals surface area contributed by atoms with Crippen molar-refractivity contribution in [3.8, 4) is 0 Å². The largest absolute Gasteiger partial charge is 0.362 e. The van der Waals surface area contributed by atoms with Gasteiger partial charge in [-0.1, -0.05) is 50.2 Å². The number of rotatable bonds is 8. The van der Waals surface area contributed by atoms with E-state index in [4.69, 9.17) is 9.97 Å². The first-order chi connectivity index (χ1) is 15.5. The summed E-state index contributed by atoms with van der Waals surface area (Å²) >= 11 is 0. The lowest BCUT2D eigenvalue weighted by atomic mass is 9.86. The first kappa shape index (κ1) is 22.5. The molecule has 5 heteroatoms. The lowest BCUT2D eigenvalue weighted by Gasteiger charge is -2.29. The second-order valence-electron chi connectivity index (χ2n) is 9.67. The van der Waals surface area contributed by atoms with Crippen LogP contribution < -0.4 is 15.5 Å². The molecule has 0 amide bonds. The van der Waals surface area contributed by atoms with Gasteiger partial charge < -0.3 is 15.5 Å². The van der Waals surface area contributed by atoms with Gasteiger partial charge in [0.15, 0.2) is 0 Å². The van der Waals surface area contributed by atoms with Crippen molar-refractivity contribution in [1.82, 2.24) is 15.3 Å². The predicted octanol–water partition coefficient (Wildman–Crippen LogP) is 5.58. The maximum atomic E-state index is 4.80. The standard InChI is InChI=1S/C27H37N5/c1-19(2)22-13-9-20(10-14-22)17-28-18-21-11-15-23(16-12-21)29-27-30-25-8-6-5-7-24(25)26(31-27)32(3)4/h5-10,13-14,19,21,23,28H,11-12,15-18H2,1-4H3,(H,29,30,31). The van der Waals surface area contributed by atoms with Crippen molar-refractivity contribution in [1.29, 1.82) is 0 Å². The summed E-state index contributed by atoms with van der Waals surface area (Å²) in [7, 11) is 4.07. The van der Waals surface area contributed by atoms with Crippen LogP contribution in [0.15, 0.2) is 48.5 Å². The third-order valence-corrected chi connectivity index (χ3v) is 6.60. The quantitative estimate of drug-likeness (QED) is 0.488. The number of aromatic nitrogens is 2. The van der Waals surface area contributed by atoms with Crippen LogP contribution in [0.1, 0.15) is 56.6 Å². The van der Waals surface area contributed by atoms with E-state index in [1.165, 1.54) is 36.8 Å². The number of fused-ring (bicyclic) bond motifs is 1. The Bertz CT molecular complexity index is 1000. The molecule has 1 heterocycles. The number of nitrogens with zero attached hydrogens (tertiary/aromatic N) is 3. The Morgan fingerprint density at radius 2 is 1.66 bits per heavy atom. The van der Waals surface area contributed by atoms with Crippen molar-refractivity contribution < 1.29 is 0 Å². The van der Waals surface area contributed by atoms with Crippen LogP contribution in [0.3, 0.4) is 0 Å². The van der Waals surface area contributed by atoms with Crippen molar-refractivity contribution in [2.75, 3.05) is 30.9 Å². The average molecular weight is 432 g/mol. The molecule has 0 atom stereocenters. The summed E-state index contributed by atoms with van der Waals surface area (Å²) < 4.78 is 0. The molecule has 2 N–H and O–H groups in total. The molecule has 3 aromatic rings. The highest BCUT2D eigenvalue weighted by Crippen LogP contribution is 2.28. The summed E-state index contributed by atoms with van der Waals surface area (Å²) in [5, 5.41) is 8.38. The Kier molecular flexibility index (Phi) is 7.26. The fourth-order valence-corrected chi connectivity index (χ4v) is 4.60. The first-order valence-electron chi connectivity index (χ1n) is 12.0. The third kappa shape index (κ3) is 5.57. The second kappa shape index (κ2) is 10.3. The molecule has 1 fully saturated rings. The van der Waals surface area contributed by atoms with Gasteiger partial charge in [-0.15, -0.1) is 0 Å². The molecule has 0 radical (unpaired) electrons. The Balaban J connectivity index is 1.26. The predicted molar refractivity (Wildman–Crippen MR) is 135 cm³/mol. The summed E-state index contributed by atoms with van der Waals surface area (Å²) in [4.78, 5) is 11.6. The van der Waals surface area contributed by atoms with E-state index >= 15 is 0 Å². The molecule has 1 aromatic heterocycles. The van der Waals surface area contributed by atoms with Gasteiger partial charge >= 0.3 is 0 Å². The third-order valence-electron chi connectivity index (χ3n) is 6.60. The minimum atomic E-state index is 0.450. The summed E-state index contributed by atoms with van der Waals surface area (Å²) in [6, 6.07) is 17.7. The molecule has 0 aliphatic heterocycles. The van der Waals surface area contributed by atoms with Crippen molar-refractivity contribution in [2.24, 2.45) is 5.92 Å². The zero-order chi connectivity index (χ0) is 22.5. The second-order valence-corrected chi connectivity index (χ2v) is 9.67. The minimum absolute atomic E-state index is 0.450. The SMILES string of the molecule is CC(C)c1ccc(CNCC2CCC(Nc3nc(N(C)C)c4ccccc4n3)CC2)cc1. The Morgan fingerprint density at radius 1 is 0.938 bits per heavy atom. The van der Waals surface area contributed by atoms with Crippen LogP contribution in [0.4, 0.5) is 11.8 Å². The van der Waals surface area contributed by atoms with Crippen LogP contribution >= 0.6 is 0 Å². The van der Waals surface area contributed by atoms with Crippen molar-refractivity contribution in [3.05, 3.63) is 59.7 Å². The van der Waals surface area contributed by atoms with Gasteiger partial charge in [0.1, 0.15) is 5.82 Å². The van der Waals surface area contributed by atoms with E-state index in [-0.39, 0.29) is 0 Å². The minimum Gasteiger partial charge on any atom is -0.362 e. The maximum Gasteiger partial charge on any atom is 0.225 e. The lowest BCUT2D eigenvalue weighted by molar-refractivity contribution is 0.324. The zero-order valence-electron chi connectivity index (χ0n) is 19.9. The smallest absolute Gasteiger partial charge is 0.225 e. The van der Waals surface area contributed by atoms with Gasteiger partial charge in [-0.25, -0.2) is 4.98 Å². The first-order valence-corrected chi connectivity index (χ1v) is 12.0. The van der Waals surface area contributed by atoms with E-state index in [0.717, 1.165) is 41.7 Å². The van der Waals surface area contributed by atoms with Gasteiger partial charge in [0.2, 0.25) is 5.95 Å². The molecule has 0 unspecified atom stereocenters. The number of hydrogen-bond donors (Lipinski definition) is 2. The van der Waals surface area contributed by atoms with Gasteiger partial charge in [-0.2, -0.15) is 4.98 Å². The molecule has 1 saturated carbocycles. The number of hydrogen-bond acceptors (Lipinski definition) is 5. The highest BCUT2D eigenvalue weighted by molar-refractivity contribution is 5.90. The fraction of sp³-hybridized carbons (Fsp3) is 0.481. The van der Waals surface area contributed by atoms with E-state index in [9.17, 15) is 0 Å². The van der Waals surface area contributed by atoms with Gasteiger partial charge in [-0.3, -0.25) is 0 Å². The Morgan fingerprint density at radius 3 is 2.34 bits per heavy atom. The van der Waals surface area contributed by atoms with Crippen molar-refractivity contribution in [3.63, 3.8) is 0 Å². The van der Waals surface area contributed by atoms with Gasteiger partial charge in [0.05, 0.1) is 5.52 Å². The highest BCUT2D eigenvalue weighted by atomic mass is 15.2. The number of anilines is 2. The average Bonchev–Trinajstić information content (AvgIpc) is 2.80. The lowest BCUT2D eigenvalue weighted by Crippen LogP contribution is -2.31. The van der Waals surface area contributed by atoms with Crippen molar-refractivity contribution >= 4 is 22.7 Å². The van der Waals surface area contributed by atoms with Crippen LogP contribution in [0.25, 0.3) is 10.9 Å². The monoisotopic (exact) mass is 431 g/mol. The zero-order valence-corrected chi connectivity index (χ0v) is 19.9. The molecule has 1 aliphatic rings. The van der Waals surface area contributed by atoms with Crippen LogP contribution in [-0.2, 0) is 6.54 Å². The fourth-order valence-electron chi connectivity index (χ4n) is 4.60. The molecular formula is C27H37N5. The van der Waals surface area contributed by atoms with Crippen LogP contribution in [0.2, 0.25) is 0 Å². The Labute approximate surface area is 192 Å². The molecule has 0 spiro atoms. The molecule has 4 rings (SSSR count). The normalized spacial score (nSPS) is 18.8. The van der Waals surface area contributed by atoms with E-state index in [0.29, 0.717) is 12.0 Å². The molecule has 0 bridgehead atoms. The summed E-state index contributed by atoms with van der Waals surface area (Å²) in [6.45, 7) is 6.53. The van der Waals surface area contributed by atoms with E-state index in [2.05, 4.69) is 65.8 Å². The molecule has 32 heavy (non-hydrogen) atoms. The molecule has 0 saturated heterocycles. The topological polar surface area (TPSA) is 53.1 Å². The van der Waals surface area contributed by atoms with E-state index in [1.54, 1.807) is 0 Å². The Hall–Kier alpha value is -2.66. The van der Waals surface area contributed by atoms with E-state index in [1.807, 2.05) is 26.2 Å².